The van der Waals surface area contributed by atoms with Crippen LogP contribution in [0.2, 0.25) is 0 Å². The molecule has 0 aliphatic heterocycles. The zero-order chi connectivity index (χ0) is 4.12. The normalized spacial score (nSPS) is 4.67. The van der Waals surface area contributed by atoms with Crippen LogP contribution in [0.3, 0.4) is 0 Å². The SMILES string of the molecule is [CH-]=C[CH-]C=C.[Mg+2]. The molecule has 0 unspecified atom stereocenters. The molecule has 0 spiro atoms. The minimum absolute atomic E-state index is 0. The van der Waals surface area contributed by atoms with Gasteiger partial charge in [-0.3, -0.25) is 0 Å². The Labute approximate surface area is 55.1 Å². The van der Waals surface area contributed by atoms with Gasteiger partial charge in [-0.05, 0) is 0 Å². The second kappa shape index (κ2) is 8.93. The third kappa shape index (κ3) is 8.93. The molecule has 0 amide bonds. The molecule has 0 saturated heterocycles. The van der Waals surface area contributed by atoms with Crippen molar-refractivity contribution in [1.82, 2.24) is 0 Å². The smallest absolute Gasteiger partial charge is 0.548 e. The molecular formula is C5H6Mg. The predicted molar refractivity (Wildman–Crippen MR) is 29.1 cm³/mol. The van der Waals surface area contributed by atoms with Gasteiger partial charge < -0.3 is 19.1 Å². The van der Waals surface area contributed by atoms with Gasteiger partial charge in [0.2, 0.25) is 0 Å². The van der Waals surface area contributed by atoms with Crippen LogP contribution in [0.25, 0.3) is 0 Å². The second-order valence-corrected chi connectivity index (χ2v) is 0.621. The van der Waals surface area contributed by atoms with Gasteiger partial charge in [0, 0.05) is 0 Å². The van der Waals surface area contributed by atoms with Gasteiger partial charge in [0.25, 0.3) is 0 Å². The van der Waals surface area contributed by atoms with E-state index in [1.165, 1.54) is 6.08 Å². The van der Waals surface area contributed by atoms with E-state index in [1.54, 1.807) is 12.5 Å². The van der Waals surface area contributed by atoms with Crippen molar-refractivity contribution >= 4 is 23.1 Å². The summed E-state index contributed by atoms with van der Waals surface area (Å²) >= 11 is 0. The van der Waals surface area contributed by atoms with Gasteiger partial charge in [-0.2, -0.15) is 0 Å². The van der Waals surface area contributed by atoms with Crippen molar-refractivity contribution in [3.8, 4) is 0 Å². The van der Waals surface area contributed by atoms with Crippen molar-refractivity contribution in [2.24, 2.45) is 0 Å². The largest absolute Gasteiger partial charge is 2.00 e. The molecule has 28 valence electrons. The summed E-state index contributed by atoms with van der Waals surface area (Å²) in [6.45, 7) is 8.27. The van der Waals surface area contributed by atoms with Gasteiger partial charge in [0.05, 0.1) is 0 Å². The molecule has 6 heavy (non-hydrogen) atoms. The maximum Gasteiger partial charge on any atom is 2.00 e. The molecule has 0 atom stereocenters. The first-order valence-corrected chi connectivity index (χ1v) is 1.41. The average Bonchev–Trinajstić information content (AvgIpc) is 1.41. The number of hydrogen-bond acceptors (Lipinski definition) is 0. The van der Waals surface area contributed by atoms with Crippen molar-refractivity contribution < 1.29 is 0 Å². The fraction of sp³-hybridized carbons (Fsp3) is 0. The summed E-state index contributed by atoms with van der Waals surface area (Å²) in [5, 5.41) is 0. The fourth-order valence-electron chi connectivity index (χ4n) is 0.0786. The number of rotatable bonds is 2. The van der Waals surface area contributed by atoms with Crippen molar-refractivity contribution in [2.45, 2.75) is 0 Å². The minimum Gasteiger partial charge on any atom is -0.548 e. The molecule has 0 aromatic heterocycles. The Morgan fingerprint density at radius 3 is 2.17 bits per heavy atom. The Morgan fingerprint density at radius 2 is 2.17 bits per heavy atom. The van der Waals surface area contributed by atoms with E-state index in [0.29, 0.717) is 0 Å². The van der Waals surface area contributed by atoms with Crippen molar-refractivity contribution in [2.75, 3.05) is 0 Å². The van der Waals surface area contributed by atoms with E-state index < -0.39 is 0 Å². The topological polar surface area (TPSA) is 0 Å². The summed E-state index contributed by atoms with van der Waals surface area (Å²) < 4.78 is 0. The Balaban J connectivity index is 0. The van der Waals surface area contributed by atoms with E-state index in [2.05, 4.69) is 6.58 Å². The summed E-state index contributed by atoms with van der Waals surface area (Å²) in [4.78, 5) is 0. The van der Waals surface area contributed by atoms with E-state index >= 15 is 0 Å². The third-order valence-corrected chi connectivity index (χ3v) is 0.247. The number of allylic oxidation sites excluding steroid dienone is 2. The molecule has 1 heteroatoms. The molecule has 0 aliphatic rings. The van der Waals surface area contributed by atoms with Crippen LogP contribution in [-0.4, -0.2) is 23.1 Å². The molecule has 0 aromatic rings. The van der Waals surface area contributed by atoms with Crippen molar-refractivity contribution in [1.29, 1.82) is 0 Å². The average molecular weight is 90.4 g/mol. The summed E-state index contributed by atoms with van der Waals surface area (Å²) in [7, 11) is 0. The third-order valence-electron chi connectivity index (χ3n) is 0.247. The monoisotopic (exact) mass is 90.0 g/mol. The zero-order valence-electron chi connectivity index (χ0n) is 3.72. The summed E-state index contributed by atoms with van der Waals surface area (Å²) in [5.74, 6) is 0. The van der Waals surface area contributed by atoms with Crippen molar-refractivity contribution in [3.05, 3.63) is 31.7 Å². The standard InChI is InChI=1S/C5H6.Mg/c1-3-5-4-2;/h1,3-5H,2H2;/q-2;+2. The van der Waals surface area contributed by atoms with E-state index in [1.807, 2.05) is 0 Å². The molecule has 0 bridgehead atoms. The first-order valence-electron chi connectivity index (χ1n) is 1.41. The molecule has 0 rings (SSSR count). The molecule has 0 radical (unpaired) electrons. The second-order valence-electron chi connectivity index (χ2n) is 0.621. The Bertz CT molecular complexity index is 33.2. The van der Waals surface area contributed by atoms with Crippen molar-refractivity contribution in [3.63, 3.8) is 0 Å². The van der Waals surface area contributed by atoms with Gasteiger partial charge >= 0.3 is 23.1 Å². The molecule has 0 aromatic carbocycles. The molecule has 0 N–H and O–H groups in total. The van der Waals surface area contributed by atoms with Gasteiger partial charge in [-0.25, -0.2) is 6.08 Å². The molecule has 0 fully saturated rings. The van der Waals surface area contributed by atoms with Crippen LogP contribution in [0, 0.1) is 13.0 Å². The maximum absolute atomic E-state index is 4.89. The number of hydrogen-bond donors (Lipinski definition) is 0. The van der Waals surface area contributed by atoms with Crippen LogP contribution in [0.15, 0.2) is 18.7 Å². The van der Waals surface area contributed by atoms with Gasteiger partial charge in [-0.1, -0.05) is 0 Å². The van der Waals surface area contributed by atoms with Gasteiger partial charge in [-0.15, -0.1) is 6.58 Å². The van der Waals surface area contributed by atoms with Crippen LogP contribution in [0.1, 0.15) is 0 Å². The minimum atomic E-state index is 0. The van der Waals surface area contributed by atoms with E-state index in [0.717, 1.165) is 0 Å². The Kier molecular flexibility index (Phi) is 14.1. The van der Waals surface area contributed by atoms with E-state index in [4.69, 9.17) is 6.58 Å². The first-order chi connectivity index (χ1) is 2.41. The molecule has 0 heterocycles. The fourth-order valence-corrected chi connectivity index (χ4v) is 0.0786. The molecule has 0 aliphatic carbocycles. The van der Waals surface area contributed by atoms with Crippen LogP contribution in [0.4, 0.5) is 0 Å². The van der Waals surface area contributed by atoms with Gasteiger partial charge in [0.15, 0.2) is 0 Å². The Morgan fingerprint density at radius 1 is 1.67 bits per heavy atom. The summed E-state index contributed by atoms with van der Waals surface area (Å²) in [6, 6.07) is 0. The van der Waals surface area contributed by atoms with Crippen LogP contribution in [-0.2, 0) is 0 Å². The molecule has 0 nitrogen and oxygen atoms in total. The van der Waals surface area contributed by atoms with Gasteiger partial charge in [0.1, 0.15) is 0 Å². The summed E-state index contributed by atoms with van der Waals surface area (Å²) in [5.41, 5.74) is 0. The predicted octanol–water partition coefficient (Wildman–Crippen LogP) is 0.985. The maximum atomic E-state index is 4.89. The van der Waals surface area contributed by atoms with E-state index in [9.17, 15) is 0 Å². The zero-order valence-corrected chi connectivity index (χ0v) is 5.14. The molecular weight excluding hydrogens is 84.4 g/mol. The summed E-state index contributed by atoms with van der Waals surface area (Å²) in [6.07, 6.45) is 4.73. The Hall–Kier alpha value is 0.116. The first kappa shape index (κ1) is 9.45. The van der Waals surface area contributed by atoms with E-state index in [-0.39, 0.29) is 23.1 Å². The quantitative estimate of drug-likeness (QED) is 0.350. The van der Waals surface area contributed by atoms with Crippen LogP contribution >= 0.6 is 0 Å². The van der Waals surface area contributed by atoms with Crippen LogP contribution in [0.5, 0.6) is 0 Å². The van der Waals surface area contributed by atoms with Crippen LogP contribution < -0.4 is 0 Å². The molecule has 0 saturated carbocycles.